The fraction of sp³-hybridized carbons (Fsp3) is 0.300. The number of nitrogens with two attached hydrogens (primary N) is 1. The molecule has 92 valence electrons. The third kappa shape index (κ3) is 3.17. The SMILES string of the molecule is C[C@@H](CN)NS(=O)(=O)c1cccc(Cl)c1C#N. The summed E-state index contributed by atoms with van der Waals surface area (Å²) in [7, 11) is -3.77. The Labute approximate surface area is 105 Å². The van der Waals surface area contributed by atoms with Crippen molar-refractivity contribution in [1.82, 2.24) is 4.72 Å². The Balaban J connectivity index is 3.26. The normalized spacial score (nSPS) is 13.1. The van der Waals surface area contributed by atoms with E-state index in [2.05, 4.69) is 4.72 Å². The Morgan fingerprint density at radius 2 is 2.24 bits per heavy atom. The summed E-state index contributed by atoms with van der Waals surface area (Å²) in [6, 6.07) is 5.64. The zero-order chi connectivity index (χ0) is 13.1. The fourth-order valence-electron chi connectivity index (χ4n) is 1.21. The molecule has 0 aliphatic carbocycles. The minimum absolute atomic E-state index is 0.0640. The van der Waals surface area contributed by atoms with Crippen LogP contribution in [-0.2, 0) is 10.0 Å². The van der Waals surface area contributed by atoms with Crippen molar-refractivity contribution in [1.29, 1.82) is 5.26 Å². The maximum Gasteiger partial charge on any atom is 0.242 e. The van der Waals surface area contributed by atoms with Crippen LogP contribution in [0.15, 0.2) is 23.1 Å². The maximum absolute atomic E-state index is 12.0. The van der Waals surface area contributed by atoms with Gasteiger partial charge in [-0.05, 0) is 19.1 Å². The monoisotopic (exact) mass is 273 g/mol. The van der Waals surface area contributed by atoms with Gasteiger partial charge in [0.05, 0.1) is 10.6 Å². The maximum atomic E-state index is 12.0. The number of nitrogens with one attached hydrogen (secondary N) is 1. The van der Waals surface area contributed by atoms with E-state index in [0.29, 0.717) is 0 Å². The zero-order valence-electron chi connectivity index (χ0n) is 9.14. The van der Waals surface area contributed by atoms with Crippen LogP contribution in [0.3, 0.4) is 0 Å². The van der Waals surface area contributed by atoms with Gasteiger partial charge < -0.3 is 5.73 Å². The number of nitriles is 1. The number of hydrogen-bond donors (Lipinski definition) is 2. The van der Waals surface area contributed by atoms with Crippen LogP contribution in [0.5, 0.6) is 0 Å². The van der Waals surface area contributed by atoms with Crippen LogP contribution in [0.1, 0.15) is 12.5 Å². The van der Waals surface area contributed by atoms with Crippen molar-refractivity contribution in [3.63, 3.8) is 0 Å². The lowest BCUT2D eigenvalue weighted by Crippen LogP contribution is -2.38. The third-order valence-electron chi connectivity index (χ3n) is 2.09. The molecular weight excluding hydrogens is 262 g/mol. The van der Waals surface area contributed by atoms with Crippen molar-refractivity contribution < 1.29 is 8.42 Å². The summed E-state index contributed by atoms with van der Waals surface area (Å²) in [5, 5.41) is 9.01. The van der Waals surface area contributed by atoms with Gasteiger partial charge in [-0.1, -0.05) is 17.7 Å². The van der Waals surface area contributed by atoms with Crippen molar-refractivity contribution in [2.75, 3.05) is 6.54 Å². The molecule has 0 spiro atoms. The van der Waals surface area contributed by atoms with Crippen LogP contribution < -0.4 is 10.5 Å². The molecule has 0 saturated heterocycles. The molecule has 1 aromatic rings. The Morgan fingerprint density at radius 3 is 2.76 bits per heavy atom. The lowest BCUT2D eigenvalue weighted by atomic mass is 10.2. The summed E-state index contributed by atoms with van der Waals surface area (Å²) in [5.74, 6) is 0. The number of nitrogens with zero attached hydrogens (tertiary/aromatic N) is 1. The topological polar surface area (TPSA) is 96.0 Å². The highest BCUT2D eigenvalue weighted by molar-refractivity contribution is 7.89. The van der Waals surface area contributed by atoms with Crippen molar-refractivity contribution >= 4 is 21.6 Å². The standard InChI is InChI=1S/C10H12ClN3O2S/c1-7(5-12)14-17(15,16)10-4-2-3-9(11)8(10)6-13/h2-4,7,14H,5,12H2,1H3/t7-/m0/s1. The van der Waals surface area contributed by atoms with E-state index in [4.69, 9.17) is 22.6 Å². The van der Waals surface area contributed by atoms with Crippen molar-refractivity contribution in [3.05, 3.63) is 28.8 Å². The molecule has 0 fully saturated rings. The highest BCUT2D eigenvalue weighted by Crippen LogP contribution is 2.22. The average Bonchev–Trinajstić information content (AvgIpc) is 2.28. The second-order valence-electron chi connectivity index (χ2n) is 3.48. The number of benzene rings is 1. The first kappa shape index (κ1) is 13.9. The molecule has 0 aromatic heterocycles. The number of halogens is 1. The Kier molecular flexibility index (Phi) is 4.48. The molecule has 0 saturated carbocycles. The fourth-order valence-corrected chi connectivity index (χ4v) is 2.92. The summed E-state index contributed by atoms with van der Waals surface area (Å²) < 4.78 is 26.3. The largest absolute Gasteiger partial charge is 0.329 e. The van der Waals surface area contributed by atoms with Crippen LogP contribution in [0.4, 0.5) is 0 Å². The van der Waals surface area contributed by atoms with Gasteiger partial charge in [0.2, 0.25) is 10.0 Å². The van der Waals surface area contributed by atoms with Gasteiger partial charge in [0.1, 0.15) is 11.0 Å². The smallest absolute Gasteiger partial charge is 0.242 e. The second kappa shape index (κ2) is 5.47. The molecule has 0 amide bonds. The van der Waals surface area contributed by atoms with Gasteiger partial charge in [-0.25, -0.2) is 13.1 Å². The van der Waals surface area contributed by atoms with Crippen LogP contribution in [0.2, 0.25) is 5.02 Å². The van der Waals surface area contributed by atoms with Gasteiger partial charge in [0, 0.05) is 12.6 Å². The van der Waals surface area contributed by atoms with Crippen LogP contribution in [0.25, 0.3) is 0 Å². The first-order chi connectivity index (χ1) is 7.92. The van der Waals surface area contributed by atoms with Gasteiger partial charge in [-0.2, -0.15) is 5.26 Å². The quantitative estimate of drug-likeness (QED) is 0.849. The van der Waals surface area contributed by atoms with Gasteiger partial charge >= 0.3 is 0 Å². The van der Waals surface area contributed by atoms with E-state index in [1.165, 1.54) is 18.2 Å². The molecule has 1 rings (SSSR count). The van der Waals surface area contributed by atoms with E-state index in [-0.39, 0.29) is 22.0 Å². The molecule has 1 atom stereocenters. The van der Waals surface area contributed by atoms with E-state index in [1.807, 2.05) is 0 Å². The Morgan fingerprint density at radius 1 is 1.59 bits per heavy atom. The van der Waals surface area contributed by atoms with E-state index < -0.39 is 16.1 Å². The molecule has 17 heavy (non-hydrogen) atoms. The summed E-state index contributed by atoms with van der Waals surface area (Å²) in [4.78, 5) is -0.132. The Bertz CT molecular complexity index is 551. The average molecular weight is 274 g/mol. The molecule has 0 aliphatic rings. The number of hydrogen-bond acceptors (Lipinski definition) is 4. The van der Waals surface area contributed by atoms with Gasteiger partial charge in [0.15, 0.2) is 0 Å². The summed E-state index contributed by atoms with van der Waals surface area (Å²) in [6.07, 6.45) is 0. The number of sulfonamides is 1. The first-order valence-electron chi connectivity index (χ1n) is 4.83. The lowest BCUT2D eigenvalue weighted by Gasteiger charge is -2.13. The van der Waals surface area contributed by atoms with Gasteiger partial charge in [-0.15, -0.1) is 0 Å². The van der Waals surface area contributed by atoms with Gasteiger partial charge in [-0.3, -0.25) is 0 Å². The summed E-state index contributed by atoms with van der Waals surface area (Å²) in [6.45, 7) is 1.80. The van der Waals surface area contributed by atoms with Crippen LogP contribution in [-0.4, -0.2) is 21.0 Å². The van der Waals surface area contributed by atoms with E-state index in [1.54, 1.807) is 13.0 Å². The molecule has 3 N–H and O–H groups in total. The van der Waals surface area contributed by atoms with E-state index >= 15 is 0 Å². The predicted octanol–water partition coefficient (Wildman–Crippen LogP) is 0.837. The van der Waals surface area contributed by atoms with Crippen molar-refractivity contribution in [3.8, 4) is 6.07 Å². The molecular formula is C10H12ClN3O2S. The molecule has 0 aliphatic heterocycles. The molecule has 1 aromatic carbocycles. The number of rotatable bonds is 4. The van der Waals surface area contributed by atoms with Crippen molar-refractivity contribution in [2.45, 2.75) is 17.9 Å². The summed E-state index contributed by atoms with van der Waals surface area (Å²) >= 11 is 5.77. The highest BCUT2D eigenvalue weighted by atomic mass is 35.5. The zero-order valence-corrected chi connectivity index (χ0v) is 10.7. The minimum atomic E-state index is -3.77. The van der Waals surface area contributed by atoms with E-state index in [0.717, 1.165) is 0 Å². The molecule has 0 bridgehead atoms. The van der Waals surface area contributed by atoms with Crippen molar-refractivity contribution in [2.24, 2.45) is 5.73 Å². The van der Waals surface area contributed by atoms with Gasteiger partial charge in [0.25, 0.3) is 0 Å². The van der Waals surface area contributed by atoms with E-state index in [9.17, 15) is 8.42 Å². The molecule has 0 heterocycles. The highest BCUT2D eigenvalue weighted by Gasteiger charge is 2.21. The molecule has 0 unspecified atom stereocenters. The van der Waals surface area contributed by atoms with Crippen LogP contribution >= 0.6 is 11.6 Å². The molecule has 7 heteroatoms. The predicted molar refractivity (Wildman–Crippen MR) is 65.0 cm³/mol. The molecule has 0 radical (unpaired) electrons. The molecule has 5 nitrogen and oxygen atoms in total. The van der Waals surface area contributed by atoms with Crippen LogP contribution in [0, 0.1) is 11.3 Å². The lowest BCUT2D eigenvalue weighted by molar-refractivity contribution is 0.562. The first-order valence-corrected chi connectivity index (χ1v) is 6.69. The second-order valence-corrected chi connectivity index (χ2v) is 5.57. The Hall–Kier alpha value is -1.13. The minimum Gasteiger partial charge on any atom is -0.329 e. The summed E-state index contributed by atoms with van der Waals surface area (Å²) in [5.41, 5.74) is 5.28. The third-order valence-corrected chi connectivity index (χ3v) is 4.03.